The van der Waals surface area contributed by atoms with E-state index < -0.39 is 0 Å². The molecule has 0 atom stereocenters. The van der Waals surface area contributed by atoms with E-state index in [2.05, 4.69) is 457 Å². The van der Waals surface area contributed by atoms with Gasteiger partial charge in [0.2, 0.25) is 5.95 Å². The normalized spacial score (nSPS) is 14.0. The van der Waals surface area contributed by atoms with Crippen molar-refractivity contribution in [2.75, 3.05) is 0 Å². The van der Waals surface area contributed by atoms with Crippen molar-refractivity contribution in [3.05, 3.63) is 422 Å². The molecule has 28 rings (SSSR count). The molecule has 7 heterocycles. The first-order valence-electron chi connectivity index (χ1n) is 45.1. The average Bonchev–Trinajstić information content (AvgIpc) is 1.57. The van der Waals surface area contributed by atoms with E-state index in [0.29, 0.717) is 5.95 Å². The van der Waals surface area contributed by atoms with E-state index in [1.54, 1.807) is 0 Å². The summed E-state index contributed by atoms with van der Waals surface area (Å²) >= 11 is 0. The quantitative estimate of drug-likeness (QED) is 0.145. The number of benzene rings is 18. The zero-order valence-electron chi connectivity index (χ0n) is 72.0. The van der Waals surface area contributed by atoms with Crippen molar-refractivity contribution < 1.29 is 0 Å². The standard InChI is InChI=1S/C121H82N8/c1-119(2)98-34-16-7-25-80(98)83-55-49-77(67-101(83)119)124-104-37-19-13-31-89(104)95-61-71(46-58-110(95)124)74-43-52-92-86-28-10-22-40-107(86)127(113(92)64-74)116-70-117(128-108-41-23-11-29-87(108)93-53-44-75(65-114(93)128)72-47-59-111-96(62-72)90-32-14-20-38-105(90)125(111)78-50-56-84-81-26-8-17-35-99(81)120(3,4)102(84)68-78)123-118(122-116)129-109-42-24-12-30-88(109)94-54-45-76(66-115(94)129)73-48-60-112-97(63-73)91-33-15-21-39-106(91)126(112)79-51-57-85-82-27-9-18-36-100(82)121(5,6)103(85)69-79/h7-70H,1-6H3. The summed E-state index contributed by atoms with van der Waals surface area (Å²) in [5.74, 6) is 2.02. The Morgan fingerprint density at radius 1 is 0.163 bits per heavy atom. The lowest BCUT2D eigenvalue weighted by atomic mass is 9.82. The summed E-state index contributed by atoms with van der Waals surface area (Å²) in [5, 5.41) is 14.0. The molecule has 0 fully saturated rings. The fraction of sp³-hybridized carbons (Fsp3) is 0.0744. The summed E-state index contributed by atoms with van der Waals surface area (Å²) in [6.07, 6.45) is 0. The molecular formula is C121H82N8. The molecule has 0 aliphatic heterocycles. The Morgan fingerprint density at radius 2 is 0.395 bits per heavy atom. The largest absolute Gasteiger partial charge is 0.309 e. The molecule has 25 aromatic rings. The lowest BCUT2D eigenvalue weighted by Crippen LogP contribution is -2.15. The van der Waals surface area contributed by atoms with E-state index in [0.717, 1.165) is 144 Å². The summed E-state index contributed by atoms with van der Waals surface area (Å²) in [5.41, 5.74) is 39.0. The molecule has 0 saturated carbocycles. The maximum atomic E-state index is 6.06. The van der Waals surface area contributed by atoms with Crippen LogP contribution in [-0.2, 0) is 16.2 Å². The molecule has 18 aromatic carbocycles. The minimum atomic E-state index is -0.145. The average molecular weight is 1650 g/mol. The molecule has 0 unspecified atom stereocenters. The van der Waals surface area contributed by atoms with E-state index >= 15 is 0 Å². The van der Waals surface area contributed by atoms with Gasteiger partial charge in [-0.3, -0.25) is 13.7 Å². The van der Waals surface area contributed by atoms with Crippen LogP contribution in [0.25, 0.3) is 232 Å². The first kappa shape index (κ1) is 72.2. The van der Waals surface area contributed by atoms with Gasteiger partial charge < -0.3 is 13.7 Å². The van der Waals surface area contributed by atoms with Crippen LogP contribution in [0.3, 0.4) is 0 Å². The Labute approximate surface area is 744 Å². The summed E-state index contributed by atoms with van der Waals surface area (Å²) in [6, 6.07) is 146. The van der Waals surface area contributed by atoms with Crippen LogP contribution in [0.2, 0.25) is 0 Å². The first-order valence-corrected chi connectivity index (χ1v) is 45.1. The third-order valence-electron chi connectivity index (χ3n) is 29.9. The van der Waals surface area contributed by atoms with Gasteiger partial charge in [-0.15, -0.1) is 0 Å². The molecule has 129 heavy (non-hydrogen) atoms. The van der Waals surface area contributed by atoms with Gasteiger partial charge in [0.1, 0.15) is 11.6 Å². The highest BCUT2D eigenvalue weighted by molar-refractivity contribution is 6.17. The number of hydrogen-bond donors (Lipinski definition) is 0. The van der Waals surface area contributed by atoms with Crippen LogP contribution in [-0.4, -0.2) is 37.4 Å². The molecule has 606 valence electrons. The zero-order chi connectivity index (χ0) is 85.3. The SMILES string of the molecule is CC1(C)c2ccccc2-c2ccc(-n3c4ccccc4c4cc(-c5ccc6c7ccccc7n(-c7cc(-n8c9ccccc9c9ccc(-c%10ccc%11c(c%10)c%10ccccc%10n%11-c%10ccc%11c(c%10)C(C)(C)c%10ccccc%10-%11)cc98)nc(-n8c9ccccc9c9ccc(-c%10ccc%11c(c%10)c%10ccccc%10n%11-c%10ccc%11c(c%10)C(C)(C)c%10ccccc%10-%11)cc98)n7)c6c5)ccc43)cc21. The van der Waals surface area contributed by atoms with Crippen molar-refractivity contribution in [2.45, 2.75) is 57.8 Å². The maximum Gasteiger partial charge on any atom is 0.238 e. The van der Waals surface area contributed by atoms with Gasteiger partial charge in [0.15, 0.2) is 0 Å². The molecule has 8 heteroatoms. The van der Waals surface area contributed by atoms with Gasteiger partial charge in [-0.25, -0.2) is 0 Å². The fourth-order valence-corrected chi connectivity index (χ4v) is 23.7. The van der Waals surface area contributed by atoms with Crippen LogP contribution in [0.1, 0.15) is 74.9 Å². The lowest BCUT2D eigenvalue weighted by molar-refractivity contribution is 0.660. The Hall–Kier alpha value is -16.2. The zero-order valence-corrected chi connectivity index (χ0v) is 72.0. The number of nitrogens with zero attached hydrogens (tertiary/aromatic N) is 8. The van der Waals surface area contributed by atoms with Gasteiger partial charge in [0.25, 0.3) is 0 Å². The number of fused-ring (bicyclic) bond motifs is 27. The predicted octanol–water partition coefficient (Wildman–Crippen LogP) is 31.0. The molecule has 7 aromatic heterocycles. The van der Waals surface area contributed by atoms with Gasteiger partial charge in [-0.1, -0.05) is 296 Å². The van der Waals surface area contributed by atoms with Crippen LogP contribution >= 0.6 is 0 Å². The fourth-order valence-electron chi connectivity index (χ4n) is 23.7. The van der Waals surface area contributed by atoms with Crippen molar-refractivity contribution in [2.24, 2.45) is 0 Å². The predicted molar refractivity (Wildman–Crippen MR) is 537 cm³/mol. The molecule has 8 nitrogen and oxygen atoms in total. The molecule has 0 saturated heterocycles. The van der Waals surface area contributed by atoms with E-state index in [9.17, 15) is 0 Å². The summed E-state index contributed by atoms with van der Waals surface area (Å²) < 4.78 is 14.6. The van der Waals surface area contributed by atoms with Gasteiger partial charge in [0, 0.05) is 104 Å². The Kier molecular flexibility index (Phi) is 14.6. The minimum absolute atomic E-state index is 0.144. The van der Waals surface area contributed by atoms with E-state index in [4.69, 9.17) is 9.97 Å². The molecule has 0 bridgehead atoms. The van der Waals surface area contributed by atoms with Gasteiger partial charge in [-0.2, -0.15) is 9.97 Å². The topological polar surface area (TPSA) is 55.4 Å². The second-order valence-electron chi connectivity index (χ2n) is 37.6. The van der Waals surface area contributed by atoms with E-state index in [1.165, 1.54) is 116 Å². The van der Waals surface area contributed by atoms with E-state index in [-0.39, 0.29) is 16.2 Å². The molecule has 0 amide bonds. The molecular weight excluding hydrogens is 1570 g/mol. The van der Waals surface area contributed by atoms with Crippen molar-refractivity contribution in [1.82, 2.24) is 37.4 Å². The highest BCUT2D eigenvalue weighted by atomic mass is 15.2. The molecule has 3 aliphatic carbocycles. The van der Waals surface area contributed by atoms with Gasteiger partial charge in [0.05, 0.1) is 66.2 Å². The number of aromatic nitrogens is 8. The van der Waals surface area contributed by atoms with Crippen molar-refractivity contribution >= 4 is 131 Å². The van der Waals surface area contributed by atoms with Crippen LogP contribution in [0.4, 0.5) is 0 Å². The molecule has 0 spiro atoms. The van der Waals surface area contributed by atoms with Crippen molar-refractivity contribution in [3.63, 3.8) is 0 Å². The molecule has 0 N–H and O–H groups in total. The van der Waals surface area contributed by atoms with Crippen molar-refractivity contribution in [1.29, 1.82) is 0 Å². The summed E-state index contributed by atoms with van der Waals surface area (Å²) in [6.45, 7) is 14.2. The van der Waals surface area contributed by atoms with Crippen LogP contribution in [0.5, 0.6) is 0 Å². The summed E-state index contributed by atoms with van der Waals surface area (Å²) in [4.78, 5) is 12.1. The Morgan fingerprint density at radius 3 is 0.721 bits per heavy atom. The van der Waals surface area contributed by atoms with Crippen LogP contribution in [0.15, 0.2) is 388 Å². The smallest absolute Gasteiger partial charge is 0.238 e. The highest BCUT2D eigenvalue weighted by Crippen LogP contribution is 2.55. The minimum Gasteiger partial charge on any atom is -0.309 e. The summed E-state index contributed by atoms with van der Waals surface area (Å²) in [7, 11) is 0. The van der Waals surface area contributed by atoms with Crippen molar-refractivity contribution in [3.8, 4) is 101 Å². The van der Waals surface area contributed by atoms with E-state index in [1.807, 2.05) is 0 Å². The second-order valence-corrected chi connectivity index (χ2v) is 37.6. The van der Waals surface area contributed by atoms with Gasteiger partial charge >= 0.3 is 0 Å². The number of para-hydroxylation sites is 6. The first-order chi connectivity index (χ1) is 63.2. The van der Waals surface area contributed by atoms with Crippen LogP contribution < -0.4 is 0 Å². The third-order valence-corrected chi connectivity index (χ3v) is 29.9. The highest BCUT2D eigenvalue weighted by Gasteiger charge is 2.39. The second kappa shape index (κ2) is 26.0. The third kappa shape index (κ3) is 9.97. The lowest BCUT2D eigenvalue weighted by Gasteiger charge is -2.22. The van der Waals surface area contributed by atoms with Gasteiger partial charge in [-0.05, 0) is 228 Å². The maximum absolute atomic E-state index is 6.06. The molecule has 0 radical (unpaired) electrons. The Balaban J connectivity index is 0.640. The Bertz CT molecular complexity index is 8450. The number of rotatable bonds is 9. The van der Waals surface area contributed by atoms with Crippen LogP contribution in [0, 0.1) is 0 Å². The molecule has 3 aliphatic rings. The monoisotopic (exact) mass is 1650 g/mol. The number of hydrogen-bond acceptors (Lipinski definition) is 2.